The standard InChI is InChI=1S/C30H28N4O2/c1-29(2)18-30(19-29,21-9-4-3-5-10-21)25-16-23(14-15-24(25)27-33-34-28(31)36-27)35-17-22-13-12-20-8-6-7-11-26(20)32-22/h3-16H,17-19H2,1-2H3,(H2,31,34). The highest BCUT2D eigenvalue weighted by Gasteiger charge is 2.52. The van der Waals surface area contributed by atoms with Gasteiger partial charge in [-0.1, -0.05) is 73.5 Å². The molecule has 6 nitrogen and oxygen atoms in total. The topological polar surface area (TPSA) is 87.1 Å². The van der Waals surface area contributed by atoms with Crippen molar-refractivity contribution in [2.24, 2.45) is 5.41 Å². The number of aromatic nitrogens is 3. The summed E-state index contributed by atoms with van der Waals surface area (Å²) in [5, 5.41) is 9.23. The number of rotatable bonds is 6. The number of fused-ring (bicyclic) bond motifs is 1. The van der Waals surface area contributed by atoms with Crippen LogP contribution in [-0.2, 0) is 12.0 Å². The van der Waals surface area contributed by atoms with Gasteiger partial charge >= 0.3 is 6.01 Å². The summed E-state index contributed by atoms with van der Waals surface area (Å²) in [5.41, 5.74) is 10.9. The van der Waals surface area contributed by atoms with E-state index in [-0.39, 0.29) is 16.8 Å². The SMILES string of the molecule is CC1(C)CC(c2ccccc2)(c2cc(OCc3ccc4ccccc4n3)ccc2-c2nnc(N)o2)C1. The largest absolute Gasteiger partial charge is 0.487 e. The van der Waals surface area contributed by atoms with E-state index in [0.29, 0.717) is 12.5 Å². The van der Waals surface area contributed by atoms with Gasteiger partial charge in [-0.3, -0.25) is 0 Å². The zero-order chi connectivity index (χ0) is 24.8. The van der Waals surface area contributed by atoms with Crippen LogP contribution in [0.15, 0.2) is 89.3 Å². The van der Waals surface area contributed by atoms with Crippen LogP contribution in [-0.4, -0.2) is 15.2 Å². The molecule has 1 saturated carbocycles. The third-order valence-electron chi connectivity index (χ3n) is 7.11. The smallest absolute Gasteiger partial charge is 0.313 e. The molecule has 1 aliphatic carbocycles. The third kappa shape index (κ3) is 3.98. The van der Waals surface area contributed by atoms with Crippen molar-refractivity contribution in [2.45, 2.75) is 38.7 Å². The molecule has 0 radical (unpaired) electrons. The fourth-order valence-corrected chi connectivity index (χ4v) is 5.77. The van der Waals surface area contributed by atoms with Gasteiger partial charge in [-0.25, -0.2) is 4.98 Å². The molecule has 1 aliphatic rings. The first kappa shape index (κ1) is 22.3. The van der Waals surface area contributed by atoms with Gasteiger partial charge < -0.3 is 14.9 Å². The Bertz CT molecular complexity index is 1530. The van der Waals surface area contributed by atoms with E-state index >= 15 is 0 Å². The quantitative estimate of drug-likeness (QED) is 0.299. The lowest BCUT2D eigenvalue weighted by Crippen LogP contribution is -2.47. The monoisotopic (exact) mass is 476 g/mol. The molecule has 0 aliphatic heterocycles. The number of para-hydroxylation sites is 1. The molecule has 2 N–H and O–H groups in total. The van der Waals surface area contributed by atoms with Crippen LogP contribution in [0, 0.1) is 5.41 Å². The normalized spacial score (nSPS) is 15.9. The molecule has 6 heteroatoms. The average molecular weight is 477 g/mol. The molecule has 0 saturated heterocycles. The highest BCUT2D eigenvalue weighted by molar-refractivity contribution is 5.78. The molecule has 0 unspecified atom stereocenters. The summed E-state index contributed by atoms with van der Waals surface area (Å²) in [7, 11) is 0. The maximum Gasteiger partial charge on any atom is 0.313 e. The van der Waals surface area contributed by atoms with Crippen LogP contribution in [0.3, 0.4) is 0 Å². The summed E-state index contributed by atoms with van der Waals surface area (Å²) < 4.78 is 12.0. The number of nitrogen functional groups attached to an aromatic ring is 1. The van der Waals surface area contributed by atoms with Crippen LogP contribution in [0.2, 0.25) is 0 Å². The van der Waals surface area contributed by atoms with E-state index in [9.17, 15) is 0 Å². The van der Waals surface area contributed by atoms with Crippen molar-refractivity contribution in [3.8, 4) is 17.2 Å². The van der Waals surface area contributed by atoms with Crippen molar-refractivity contribution in [2.75, 3.05) is 5.73 Å². The van der Waals surface area contributed by atoms with E-state index < -0.39 is 0 Å². The number of pyridine rings is 1. The van der Waals surface area contributed by atoms with Gasteiger partial charge in [0.2, 0.25) is 5.89 Å². The number of nitrogens with two attached hydrogens (primary N) is 1. The first-order valence-electron chi connectivity index (χ1n) is 12.2. The fourth-order valence-electron chi connectivity index (χ4n) is 5.77. The Hall–Kier alpha value is -4.19. The molecule has 2 aromatic heterocycles. The molecule has 180 valence electrons. The van der Waals surface area contributed by atoms with Crippen LogP contribution in [0.1, 0.15) is 43.5 Å². The Labute approximate surface area is 210 Å². The third-order valence-corrected chi connectivity index (χ3v) is 7.11. The highest BCUT2D eigenvalue weighted by Crippen LogP contribution is 2.60. The molecule has 2 heterocycles. The van der Waals surface area contributed by atoms with Gasteiger partial charge in [0.25, 0.3) is 0 Å². The molecule has 0 spiro atoms. The number of hydrogen-bond donors (Lipinski definition) is 1. The number of anilines is 1. The Balaban J connectivity index is 1.40. The molecule has 36 heavy (non-hydrogen) atoms. The lowest BCUT2D eigenvalue weighted by molar-refractivity contribution is 0.0882. The van der Waals surface area contributed by atoms with Gasteiger partial charge in [0.1, 0.15) is 12.4 Å². The zero-order valence-corrected chi connectivity index (χ0v) is 20.4. The second-order valence-electron chi connectivity index (χ2n) is 10.4. The molecule has 0 amide bonds. The van der Waals surface area contributed by atoms with E-state index in [4.69, 9.17) is 19.9 Å². The summed E-state index contributed by atoms with van der Waals surface area (Å²) in [6.45, 7) is 5.00. The molecule has 0 bridgehead atoms. The van der Waals surface area contributed by atoms with Crippen molar-refractivity contribution < 1.29 is 9.15 Å². The van der Waals surface area contributed by atoms with E-state index in [1.807, 2.05) is 36.4 Å². The minimum atomic E-state index is -0.191. The lowest BCUT2D eigenvalue weighted by Gasteiger charge is -2.54. The lowest BCUT2D eigenvalue weighted by atomic mass is 9.49. The molecular weight excluding hydrogens is 448 g/mol. The van der Waals surface area contributed by atoms with Crippen molar-refractivity contribution in [3.63, 3.8) is 0 Å². The Morgan fingerprint density at radius 1 is 0.889 bits per heavy atom. The van der Waals surface area contributed by atoms with Gasteiger partial charge in [0, 0.05) is 16.4 Å². The zero-order valence-electron chi connectivity index (χ0n) is 20.4. The van der Waals surface area contributed by atoms with Gasteiger partial charge in [-0.15, -0.1) is 5.10 Å². The van der Waals surface area contributed by atoms with Crippen LogP contribution in [0.25, 0.3) is 22.4 Å². The van der Waals surface area contributed by atoms with E-state index in [2.05, 4.69) is 72.6 Å². The van der Waals surface area contributed by atoms with E-state index in [1.54, 1.807) is 0 Å². The summed E-state index contributed by atoms with van der Waals surface area (Å²) in [4.78, 5) is 4.75. The first-order valence-corrected chi connectivity index (χ1v) is 12.2. The number of nitrogens with zero attached hydrogens (tertiary/aromatic N) is 3. The maximum atomic E-state index is 6.28. The van der Waals surface area contributed by atoms with E-state index in [0.717, 1.165) is 46.3 Å². The van der Waals surface area contributed by atoms with Crippen LogP contribution in [0.5, 0.6) is 5.75 Å². The summed E-state index contributed by atoms with van der Waals surface area (Å²) in [5.74, 6) is 1.20. The van der Waals surface area contributed by atoms with Gasteiger partial charge in [0.15, 0.2) is 0 Å². The predicted molar refractivity (Wildman–Crippen MR) is 140 cm³/mol. The van der Waals surface area contributed by atoms with Crippen LogP contribution < -0.4 is 10.5 Å². The fraction of sp³-hybridized carbons (Fsp3) is 0.233. The minimum absolute atomic E-state index is 0.0568. The van der Waals surface area contributed by atoms with Crippen molar-refractivity contribution in [1.29, 1.82) is 0 Å². The Kier molecular flexibility index (Phi) is 5.25. The van der Waals surface area contributed by atoms with Crippen molar-refractivity contribution in [1.82, 2.24) is 15.2 Å². The molecule has 3 aromatic carbocycles. The second-order valence-corrected chi connectivity index (χ2v) is 10.4. The summed E-state index contributed by atoms with van der Waals surface area (Å²) >= 11 is 0. The van der Waals surface area contributed by atoms with Crippen LogP contribution in [0.4, 0.5) is 6.01 Å². The van der Waals surface area contributed by atoms with Crippen molar-refractivity contribution >= 4 is 16.9 Å². The Morgan fingerprint density at radius 3 is 2.42 bits per heavy atom. The molecule has 1 fully saturated rings. The first-order chi connectivity index (χ1) is 17.4. The van der Waals surface area contributed by atoms with Gasteiger partial charge in [-0.2, -0.15) is 0 Å². The Morgan fingerprint density at radius 2 is 1.67 bits per heavy atom. The molecule has 6 rings (SSSR count). The van der Waals surface area contributed by atoms with E-state index in [1.165, 1.54) is 5.56 Å². The second kappa shape index (κ2) is 8.48. The summed E-state index contributed by atoms with van der Waals surface area (Å²) in [6.07, 6.45) is 1.99. The summed E-state index contributed by atoms with van der Waals surface area (Å²) in [6, 6.07) is 29.0. The number of ether oxygens (including phenoxy) is 1. The van der Waals surface area contributed by atoms with Gasteiger partial charge in [-0.05, 0) is 59.7 Å². The minimum Gasteiger partial charge on any atom is -0.487 e. The highest BCUT2D eigenvalue weighted by atomic mass is 16.5. The maximum absolute atomic E-state index is 6.28. The molecular formula is C30H28N4O2. The number of hydrogen-bond acceptors (Lipinski definition) is 6. The van der Waals surface area contributed by atoms with Gasteiger partial charge in [0.05, 0.1) is 11.2 Å². The van der Waals surface area contributed by atoms with Crippen molar-refractivity contribution in [3.05, 3.63) is 102 Å². The molecule has 5 aromatic rings. The number of benzene rings is 3. The predicted octanol–water partition coefficient (Wildman–Crippen LogP) is 6.55. The van der Waals surface area contributed by atoms with Crippen LogP contribution >= 0.6 is 0 Å². The molecule has 0 atom stereocenters. The average Bonchev–Trinajstić information content (AvgIpc) is 3.32.